The topological polar surface area (TPSA) is 89.6 Å². The first-order valence-electron chi connectivity index (χ1n) is 12.7. The molecule has 5 rings (SSSR count). The Morgan fingerprint density at radius 2 is 1.71 bits per heavy atom. The van der Waals surface area contributed by atoms with Gasteiger partial charge >= 0.3 is 0 Å². The average molecular weight is 503 g/mol. The molecule has 6 heteroatoms. The highest BCUT2D eigenvalue weighted by Gasteiger charge is 2.46. The third kappa shape index (κ3) is 3.48. The van der Waals surface area contributed by atoms with E-state index in [1.54, 1.807) is 0 Å². The van der Waals surface area contributed by atoms with Crippen molar-refractivity contribution in [1.82, 2.24) is 0 Å². The molecule has 2 heterocycles. The highest BCUT2D eigenvalue weighted by Crippen LogP contribution is 2.49. The van der Waals surface area contributed by atoms with Crippen molar-refractivity contribution in [1.29, 1.82) is 5.26 Å². The van der Waals surface area contributed by atoms with Crippen LogP contribution in [0.4, 0.5) is 11.4 Å². The van der Waals surface area contributed by atoms with E-state index in [0.717, 1.165) is 33.9 Å². The number of benzene rings is 2. The lowest BCUT2D eigenvalue weighted by molar-refractivity contribution is -0.401. The van der Waals surface area contributed by atoms with Gasteiger partial charge in [-0.3, -0.25) is 4.79 Å². The number of allylic oxidation sites excluding steroid dienone is 7. The number of aliphatic hydroxyl groups excluding tert-OH is 1. The van der Waals surface area contributed by atoms with Crippen LogP contribution in [0.1, 0.15) is 38.8 Å². The molecule has 0 aromatic heterocycles. The van der Waals surface area contributed by atoms with Crippen molar-refractivity contribution in [3.8, 4) is 6.07 Å². The lowest BCUT2D eigenvalue weighted by Crippen LogP contribution is -2.32. The number of anilines is 1. The van der Waals surface area contributed by atoms with Gasteiger partial charge in [0.25, 0.3) is 0 Å². The van der Waals surface area contributed by atoms with Gasteiger partial charge in [-0.15, -0.1) is 0 Å². The molecule has 190 valence electrons. The highest BCUT2D eigenvalue weighted by atomic mass is 16.3. The maximum atomic E-state index is 13.7. The summed E-state index contributed by atoms with van der Waals surface area (Å²) in [5, 5.41) is 29.4. The number of ketones is 1. The summed E-state index contributed by atoms with van der Waals surface area (Å²) in [4.78, 5) is 15.7. The predicted octanol–water partition coefficient (Wildman–Crippen LogP) is 4.86. The Labute approximate surface area is 223 Å². The summed E-state index contributed by atoms with van der Waals surface area (Å²) < 4.78 is 2.07. The summed E-state index contributed by atoms with van der Waals surface area (Å²) in [6.07, 6.45) is 3.65. The van der Waals surface area contributed by atoms with E-state index in [9.17, 15) is 20.6 Å². The number of carbonyl (C=O) groups excluding carboxylic acids is 1. The van der Waals surface area contributed by atoms with Gasteiger partial charge in [0.2, 0.25) is 5.69 Å². The van der Waals surface area contributed by atoms with Crippen LogP contribution in [-0.4, -0.2) is 47.2 Å². The SMILES string of the molecule is C[N+]1=C(C=C2C(=O)C(C=C3N(CCO)c4ccccc4C3(C)C)=C2C(=C=[N-])C#N)C(C)(C)c2ccccc21. The number of aliphatic hydroxyl groups is 1. The van der Waals surface area contributed by atoms with Crippen LogP contribution < -0.4 is 4.90 Å². The van der Waals surface area contributed by atoms with Crippen LogP contribution in [0.2, 0.25) is 0 Å². The molecule has 2 aromatic rings. The molecule has 0 atom stereocenters. The fourth-order valence-corrected chi connectivity index (χ4v) is 6.11. The first kappa shape index (κ1) is 25.4. The monoisotopic (exact) mass is 502 g/mol. The summed E-state index contributed by atoms with van der Waals surface area (Å²) in [5.74, 6) is 1.81. The van der Waals surface area contributed by atoms with E-state index < -0.39 is 5.41 Å². The van der Waals surface area contributed by atoms with Crippen LogP contribution in [0.15, 0.2) is 88.7 Å². The molecule has 0 bridgehead atoms. The third-order valence-corrected chi connectivity index (χ3v) is 8.13. The third-order valence-electron chi connectivity index (χ3n) is 8.13. The lowest BCUT2D eigenvalue weighted by atomic mass is 9.73. The van der Waals surface area contributed by atoms with Gasteiger partial charge in [0.05, 0.1) is 17.6 Å². The second-order valence-corrected chi connectivity index (χ2v) is 10.9. The second-order valence-electron chi connectivity index (χ2n) is 10.9. The molecule has 1 aliphatic carbocycles. The van der Waals surface area contributed by atoms with Crippen molar-refractivity contribution in [3.63, 3.8) is 0 Å². The van der Waals surface area contributed by atoms with Crippen molar-refractivity contribution in [2.75, 3.05) is 25.1 Å². The minimum absolute atomic E-state index is 0.0547. The number of β-amino-alcohol motifs (C(OH)–C–C–N with tert-alkyl or cyclic N) is 1. The standard InChI is InChI=1S/C32H30N4O2/c1-31(2)23-10-6-8-12-25(23)35(5)27(31)16-21-29(20(18-33)19-34)22(30(21)38)17-28-32(3,4)24-11-7-9-13-26(24)36(28)14-15-37/h6-13,16-17,37H,14-15H2,1-5H3. The molecule has 0 radical (unpaired) electrons. The van der Waals surface area contributed by atoms with Crippen LogP contribution in [0.25, 0.3) is 5.41 Å². The smallest absolute Gasteiger partial charge is 0.209 e. The summed E-state index contributed by atoms with van der Waals surface area (Å²) in [6.45, 7) is 8.70. The number of nitriles is 1. The van der Waals surface area contributed by atoms with Crippen molar-refractivity contribution >= 4 is 28.7 Å². The Hall–Kier alpha value is -4.30. The van der Waals surface area contributed by atoms with Gasteiger partial charge in [0.15, 0.2) is 11.5 Å². The molecule has 0 amide bonds. The molecule has 3 aliphatic rings. The number of Topliss-reactive ketones (excluding diaryl/α,β-unsaturated/α-hetero) is 1. The van der Waals surface area contributed by atoms with Gasteiger partial charge in [-0.1, -0.05) is 50.2 Å². The molecular formula is C32H30N4O2. The maximum Gasteiger partial charge on any atom is 0.209 e. The van der Waals surface area contributed by atoms with E-state index in [4.69, 9.17) is 0 Å². The molecule has 0 saturated heterocycles. The van der Waals surface area contributed by atoms with Crippen LogP contribution >= 0.6 is 0 Å². The molecule has 2 aliphatic heterocycles. The number of hydrogen-bond donors (Lipinski definition) is 1. The molecule has 1 N–H and O–H groups in total. The maximum absolute atomic E-state index is 13.7. The Bertz CT molecular complexity index is 1620. The zero-order valence-corrected chi connectivity index (χ0v) is 22.3. The van der Waals surface area contributed by atoms with E-state index in [-0.39, 0.29) is 23.4 Å². The van der Waals surface area contributed by atoms with Crippen LogP contribution in [0, 0.1) is 11.3 Å². The molecule has 0 spiro atoms. The molecule has 0 saturated carbocycles. The van der Waals surface area contributed by atoms with Crippen molar-refractivity contribution in [2.45, 2.75) is 38.5 Å². The first-order chi connectivity index (χ1) is 18.1. The first-order valence-corrected chi connectivity index (χ1v) is 12.7. The van der Waals surface area contributed by atoms with Crippen molar-refractivity contribution in [2.24, 2.45) is 0 Å². The Balaban J connectivity index is 1.69. The van der Waals surface area contributed by atoms with Gasteiger partial charge in [-0.05, 0) is 31.6 Å². The molecule has 0 unspecified atom stereocenters. The zero-order chi connectivity index (χ0) is 27.4. The van der Waals surface area contributed by atoms with Gasteiger partial charge < -0.3 is 15.4 Å². The van der Waals surface area contributed by atoms with E-state index in [2.05, 4.69) is 50.5 Å². The van der Waals surface area contributed by atoms with Crippen molar-refractivity contribution in [3.05, 3.63) is 105 Å². The molecule has 38 heavy (non-hydrogen) atoms. The lowest BCUT2D eigenvalue weighted by Gasteiger charge is -2.30. The number of hydrogen-bond acceptors (Lipinski definition) is 4. The van der Waals surface area contributed by atoms with Gasteiger partial charge in [0.1, 0.15) is 13.1 Å². The quantitative estimate of drug-likeness (QED) is 0.274. The summed E-state index contributed by atoms with van der Waals surface area (Å²) in [7, 11) is 1.97. The molecule has 6 nitrogen and oxygen atoms in total. The van der Waals surface area contributed by atoms with Crippen molar-refractivity contribution < 1.29 is 14.5 Å². The fraction of sp³-hybridized carbons (Fsp3) is 0.281. The Morgan fingerprint density at radius 3 is 2.34 bits per heavy atom. The van der Waals surface area contributed by atoms with E-state index in [1.807, 2.05) is 66.4 Å². The highest BCUT2D eigenvalue weighted by molar-refractivity contribution is 6.27. The largest absolute Gasteiger partial charge is 0.762 e. The average Bonchev–Trinajstić information content (AvgIpc) is 3.24. The molecule has 0 fully saturated rings. The Kier molecular flexibility index (Phi) is 5.95. The molecule has 2 aromatic carbocycles. The number of rotatable bonds is 5. The van der Waals surface area contributed by atoms with Crippen LogP contribution in [-0.2, 0) is 15.6 Å². The zero-order valence-electron chi connectivity index (χ0n) is 22.3. The summed E-state index contributed by atoms with van der Waals surface area (Å²) >= 11 is 0. The van der Waals surface area contributed by atoms with E-state index >= 15 is 0 Å². The van der Waals surface area contributed by atoms with Crippen LogP contribution in [0.3, 0.4) is 0 Å². The number of fused-ring (bicyclic) bond motifs is 2. The number of para-hydroxylation sites is 2. The van der Waals surface area contributed by atoms with Gasteiger partial charge in [0, 0.05) is 57.8 Å². The van der Waals surface area contributed by atoms with E-state index in [1.165, 1.54) is 0 Å². The second kappa shape index (κ2) is 8.92. The number of carbonyl (C=O) groups is 1. The Morgan fingerprint density at radius 1 is 1.05 bits per heavy atom. The van der Waals surface area contributed by atoms with Crippen LogP contribution in [0.5, 0.6) is 0 Å². The van der Waals surface area contributed by atoms with E-state index in [0.29, 0.717) is 23.3 Å². The minimum Gasteiger partial charge on any atom is -0.762 e. The normalized spacial score (nSPS) is 20.9. The van der Waals surface area contributed by atoms with Gasteiger partial charge in [-0.25, -0.2) is 5.87 Å². The predicted molar refractivity (Wildman–Crippen MR) is 150 cm³/mol. The summed E-state index contributed by atoms with van der Waals surface area (Å²) in [5.41, 5.74) is 6.31. The fourth-order valence-electron chi connectivity index (χ4n) is 6.11. The minimum atomic E-state index is -0.437. The van der Waals surface area contributed by atoms with Gasteiger partial charge in [-0.2, -0.15) is 9.84 Å². The summed E-state index contributed by atoms with van der Waals surface area (Å²) in [6, 6.07) is 18.1. The number of nitrogens with zero attached hydrogens (tertiary/aromatic N) is 4. The molecular weight excluding hydrogens is 472 g/mol.